The van der Waals surface area contributed by atoms with E-state index in [1.807, 2.05) is 67.4 Å². The molecule has 0 saturated carbocycles. The normalized spacial score (nSPS) is 15.7. The van der Waals surface area contributed by atoms with Crippen molar-refractivity contribution in [1.29, 1.82) is 0 Å². The summed E-state index contributed by atoms with van der Waals surface area (Å²) in [7, 11) is 1.95. The second kappa shape index (κ2) is 8.11. The molecule has 0 aliphatic carbocycles. The van der Waals surface area contributed by atoms with E-state index in [-0.39, 0.29) is 17.8 Å². The van der Waals surface area contributed by atoms with Crippen LogP contribution in [0.3, 0.4) is 0 Å². The number of ether oxygens (including phenoxy) is 1. The lowest BCUT2D eigenvalue weighted by Gasteiger charge is -2.23. The van der Waals surface area contributed by atoms with Crippen LogP contribution in [0.4, 0.5) is 5.69 Å². The number of ketones is 1. The molecule has 1 aliphatic rings. The second-order valence-corrected chi connectivity index (χ2v) is 8.57. The number of hydrogen-bond acceptors (Lipinski definition) is 5. The highest BCUT2D eigenvalue weighted by Crippen LogP contribution is 2.46. The third-order valence-corrected chi connectivity index (χ3v) is 6.08. The van der Waals surface area contributed by atoms with Crippen LogP contribution < -0.4 is 4.90 Å². The highest BCUT2D eigenvalue weighted by molar-refractivity contribution is 5.97. The largest absolute Gasteiger partial charge is 0.454 e. The van der Waals surface area contributed by atoms with Crippen molar-refractivity contribution >= 4 is 17.4 Å². The smallest absolute Gasteiger partial charge is 0.342 e. The van der Waals surface area contributed by atoms with Gasteiger partial charge in [-0.25, -0.2) is 9.48 Å². The van der Waals surface area contributed by atoms with Gasteiger partial charge in [0, 0.05) is 29.9 Å². The molecule has 0 fully saturated rings. The number of rotatable bonds is 5. The summed E-state index contributed by atoms with van der Waals surface area (Å²) in [5.74, 6) is -0.803. The van der Waals surface area contributed by atoms with Crippen LogP contribution in [0.25, 0.3) is 5.69 Å². The Labute approximate surface area is 188 Å². The maximum atomic E-state index is 12.8. The Morgan fingerprint density at radius 1 is 1.03 bits per heavy atom. The van der Waals surface area contributed by atoms with Gasteiger partial charge < -0.3 is 9.64 Å². The van der Waals surface area contributed by atoms with Gasteiger partial charge in [0.05, 0.1) is 17.1 Å². The summed E-state index contributed by atoms with van der Waals surface area (Å²) in [5, 5.41) is 4.48. The zero-order valence-electron chi connectivity index (χ0n) is 19.0. The topological polar surface area (TPSA) is 64.4 Å². The Kier molecular flexibility index (Phi) is 5.46. The van der Waals surface area contributed by atoms with Gasteiger partial charge in [0.15, 0.2) is 12.4 Å². The molecule has 4 rings (SSSR count). The summed E-state index contributed by atoms with van der Waals surface area (Å²) in [6.45, 7) is 7.44. The number of allylic oxidation sites excluding steroid dienone is 1. The highest BCUT2D eigenvalue weighted by atomic mass is 16.5. The van der Waals surface area contributed by atoms with E-state index in [1.165, 1.54) is 0 Å². The molecule has 3 aromatic rings. The fourth-order valence-electron chi connectivity index (χ4n) is 4.42. The SMILES string of the molecule is Cc1nn(-c2ccccc2)c(C)c1C(=O)OCC(=O)C=C1N(C)c2ccccc2C1(C)C. The summed E-state index contributed by atoms with van der Waals surface area (Å²) in [6, 6.07) is 17.7. The maximum absolute atomic E-state index is 12.8. The minimum absolute atomic E-state index is 0.258. The molecular formula is C26H27N3O3. The Balaban J connectivity index is 1.50. The maximum Gasteiger partial charge on any atom is 0.342 e. The van der Waals surface area contributed by atoms with Gasteiger partial charge in [-0.2, -0.15) is 5.10 Å². The molecule has 0 saturated heterocycles. The molecule has 0 unspecified atom stereocenters. The predicted octanol–water partition coefficient (Wildman–Crippen LogP) is 4.53. The molecule has 0 atom stereocenters. The fraction of sp³-hybridized carbons (Fsp3) is 0.269. The van der Waals surface area contributed by atoms with Crippen molar-refractivity contribution in [2.75, 3.05) is 18.6 Å². The number of hydrogen-bond donors (Lipinski definition) is 0. The van der Waals surface area contributed by atoms with Crippen molar-refractivity contribution in [1.82, 2.24) is 9.78 Å². The van der Waals surface area contributed by atoms with Crippen LogP contribution in [-0.2, 0) is 14.9 Å². The van der Waals surface area contributed by atoms with Crippen molar-refractivity contribution in [3.63, 3.8) is 0 Å². The number of carbonyl (C=O) groups excluding carboxylic acids is 2. The van der Waals surface area contributed by atoms with Crippen LogP contribution in [0.1, 0.15) is 41.2 Å². The zero-order valence-corrected chi connectivity index (χ0v) is 19.0. The number of aromatic nitrogens is 2. The Bertz CT molecular complexity index is 1220. The second-order valence-electron chi connectivity index (χ2n) is 8.57. The average molecular weight is 430 g/mol. The van der Waals surface area contributed by atoms with E-state index >= 15 is 0 Å². The van der Waals surface area contributed by atoms with Gasteiger partial charge in [-0.05, 0) is 37.6 Å². The van der Waals surface area contributed by atoms with Crippen LogP contribution in [0.5, 0.6) is 0 Å². The lowest BCUT2D eigenvalue weighted by atomic mass is 9.83. The summed E-state index contributed by atoms with van der Waals surface area (Å²) in [4.78, 5) is 27.5. The third-order valence-electron chi connectivity index (χ3n) is 6.08. The van der Waals surface area contributed by atoms with Crippen LogP contribution in [0, 0.1) is 13.8 Å². The molecule has 0 spiro atoms. The number of carbonyl (C=O) groups is 2. The third kappa shape index (κ3) is 3.62. The standard InChI is InChI=1S/C26H27N3O3/c1-17-24(18(2)29(27-17)19-11-7-6-8-12-19)25(31)32-16-20(30)15-23-26(3,4)21-13-9-10-14-22(21)28(23)5/h6-15H,16H2,1-5H3. The lowest BCUT2D eigenvalue weighted by Crippen LogP contribution is -2.25. The van der Waals surface area contributed by atoms with E-state index in [4.69, 9.17) is 4.74 Å². The highest BCUT2D eigenvalue weighted by Gasteiger charge is 2.38. The van der Waals surface area contributed by atoms with E-state index in [0.29, 0.717) is 17.0 Å². The molecule has 6 nitrogen and oxygen atoms in total. The van der Waals surface area contributed by atoms with Crippen molar-refractivity contribution < 1.29 is 14.3 Å². The number of aryl methyl sites for hydroxylation is 1. The molecular weight excluding hydrogens is 402 g/mol. The number of esters is 1. The number of anilines is 1. The van der Waals surface area contributed by atoms with Gasteiger partial charge in [0.1, 0.15) is 5.56 Å². The molecule has 0 N–H and O–H groups in total. The minimum atomic E-state index is -0.545. The number of nitrogens with zero attached hydrogens (tertiary/aromatic N) is 3. The molecule has 0 radical (unpaired) electrons. The number of likely N-dealkylation sites (N-methyl/N-ethyl adjacent to an activating group) is 1. The van der Waals surface area contributed by atoms with Crippen molar-refractivity contribution in [2.45, 2.75) is 33.1 Å². The molecule has 6 heteroatoms. The quantitative estimate of drug-likeness (QED) is 0.441. The number of benzene rings is 2. The zero-order chi connectivity index (χ0) is 23.0. The summed E-state index contributed by atoms with van der Waals surface area (Å²) in [5.41, 5.74) is 5.30. The molecule has 1 aromatic heterocycles. The van der Waals surface area contributed by atoms with Crippen molar-refractivity contribution in [2.24, 2.45) is 0 Å². The first kappa shape index (κ1) is 21.6. The monoisotopic (exact) mass is 429 g/mol. The van der Waals surface area contributed by atoms with Crippen LogP contribution in [-0.4, -0.2) is 35.2 Å². The van der Waals surface area contributed by atoms with E-state index < -0.39 is 5.97 Å². The minimum Gasteiger partial charge on any atom is -0.454 e. The molecule has 0 bridgehead atoms. The number of fused-ring (bicyclic) bond motifs is 1. The first-order valence-electron chi connectivity index (χ1n) is 10.6. The Hall–Kier alpha value is -3.67. The Morgan fingerprint density at radius 3 is 2.38 bits per heavy atom. The fourth-order valence-corrected chi connectivity index (χ4v) is 4.42. The van der Waals surface area contributed by atoms with Gasteiger partial charge in [-0.15, -0.1) is 0 Å². The molecule has 164 valence electrons. The summed E-state index contributed by atoms with van der Waals surface area (Å²) >= 11 is 0. The molecule has 1 aliphatic heterocycles. The first-order chi connectivity index (χ1) is 15.2. The van der Waals surface area contributed by atoms with Crippen molar-refractivity contribution in [3.05, 3.63) is 88.9 Å². The van der Waals surface area contributed by atoms with Crippen molar-refractivity contribution in [3.8, 4) is 5.69 Å². The van der Waals surface area contributed by atoms with Crippen LogP contribution in [0.15, 0.2) is 66.4 Å². The van der Waals surface area contributed by atoms with Gasteiger partial charge in [-0.3, -0.25) is 4.79 Å². The lowest BCUT2D eigenvalue weighted by molar-refractivity contribution is -0.117. The molecule has 2 aromatic carbocycles. The molecule has 2 heterocycles. The Morgan fingerprint density at radius 2 is 1.69 bits per heavy atom. The number of para-hydroxylation sites is 2. The molecule has 0 amide bonds. The average Bonchev–Trinajstić information content (AvgIpc) is 3.18. The van der Waals surface area contributed by atoms with Gasteiger partial charge in [0.25, 0.3) is 0 Å². The van der Waals surface area contributed by atoms with E-state index in [1.54, 1.807) is 17.7 Å². The molecule has 32 heavy (non-hydrogen) atoms. The van der Waals surface area contributed by atoms with E-state index in [0.717, 1.165) is 22.6 Å². The van der Waals surface area contributed by atoms with E-state index in [2.05, 4.69) is 25.0 Å². The van der Waals surface area contributed by atoms with Crippen LogP contribution in [0.2, 0.25) is 0 Å². The summed E-state index contributed by atoms with van der Waals surface area (Å²) in [6.07, 6.45) is 1.58. The summed E-state index contributed by atoms with van der Waals surface area (Å²) < 4.78 is 7.10. The van der Waals surface area contributed by atoms with Gasteiger partial charge in [-0.1, -0.05) is 50.2 Å². The first-order valence-corrected chi connectivity index (χ1v) is 10.6. The van der Waals surface area contributed by atoms with Gasteiger partial charge >= 0.3 is 5.97 Å². The van der Waals surface area contributed by atoms with Crippen LogP contribution >= 0.6 is 0 Å². The van der Waals surface area contributed by atoms with Gasteiger partial charge in [0.2, 0.25) is 0 Å². The predicted molar refractivity (Wildman–Crippen MR) is 124 cm³/mol. The van der Waals surface area contributed by atoms with E-state index in [9.17, 15) is 9.59 Å².